The van der Waals surface area contributed by atoms with E-state index < -0.39 is 6.03 Å². The zero-order chi connectivity index (χ0) is 12.7. The fraction of sp³-hybridized carbons (Fsp3) is 0.846. The molecule has 2 atom stereocenters. The number of hydrogen-bond donors (Lipinski definition) is 2. The van der Waals surface area contributed by atoms with Gasteiger partial charge in [0.05, 0.1) is 0 Å². The average molecular weight is 239 g/mol. The predicted octanol–water partition coefficient (Wildman–Crippen LogP) is 3.03. The van der Waals surface area contributed by atoms with E-state index in [-0.39, 0.29) is 0 Å². The Morgan fingerprint density at radius 1 is 1.35 bits per heavy atom. The fourth-order valence-electron chi connectivity index (χ4n) is 2.88. The van der Waals surface area contributed by atoms with Gasteiger partial charge in [-0.3, -0.25) is 0 Å². The van der Waals surface area contributed by atoms with E-state index in [0.717, 1.165) is 24.0 Å². The second-order valence-corrected chi connectivity index (χ2v) is 5.12. The summed E-state index contributed by atoms with van der Waals surface area (Å²) >= 11 is 0. The molecular weight excluding hydrogens is 214 g/mol. The molecule has 0 radical (unpaired) electrons. The van der Waals surface area contributed by atoms with Gasteiger partial charge in [0, 0.05) is 5.71 Å². The van der Waals surface area contributed by atoms with Crippen molar-refractivity contribution in [2.45, 2.75) is 58.8 Å². The molecule has 0 saturated heterocycles. The molecule has 0 bridgehead atoms. The summed E-state index contributed by atoms with van der Waals surface area (Å²) in [6.45, 7) is 4.22. The van der Waals surface area contributed by atoms with Gasteiger partial charge < -0.3 is 5.73 Å². The van der Waals surface area contributed by atoms with Gasteiger partial charge in [0.25, 0.3) is 0 Å². The highest BCUT2D eigenvalue weighted by atomic mass is 16.2. The third-order valence-corrected chi connectivity index (χ3v) is 3.64. The zero-order valence-electron chi connectivity index (χ0n) is 11.0. The van der Waals surface area contributed by atoms with E-state index in [9.17, 15) is 4.79 Å². The van der Waals surface area contributed by atoms with Crippen LogP contribution in [0.4, 0.5) is 4.79 Å². The third-order valence-electron chi connectivity index (χ3n) is 3.64. The lowest BCUT2D eigenvalue weighted by Gasteiger charge is -2.31. The van der Waals surface area contributed by atoms with Crippen molar-refractivity contribution in [3.8, 4) is 0 Å². The molecule has 98 valence electrons. The molecule has 4 nitrogen and oxygen atoms in total. The number of nitrogens with one attached hydrogen (secondary N) is 1. The maximum atomic E-state index is 10.6. The van der Waals surface area contributed by atoms with E-state index in [1.807, 2.05) is 6.92 Å². The van der Waals surface area contributed by atoms with Crippen molar-refractivity contribution in [3.05, 3.63) is 0 Å². The summed E-state index contributed by atoms with van der Waals surface area (Å²) in [5.74, 6) is 1.58. The van der Waals surface area contributed by atoms with Crippen molar-refractivity contribution in [2.24, 2.45) is 22.7 Å². The van der Waals surface area contributed by atoms with E-state index >= 15 is 0 Å². The Kier molecular flexibility index (Phi) is 6.01. The first-order valence-electron chi connectivity index (χ1n) is 6.72. The molecule has 0 spiro atoms. The molecule has 2 unspecified atom stereocenters. The molecule has 0 aromatic carbocycles. The van der Waals surface area contributed by atoms with E-state index in [1.165, 1.54) is 38.5 Å². The number of nitrogens with zero attached hydrogens (tertiary/aromatic N) is 1. The smallest absolute Gasteiger partial charge is 0.332 e. The molecule has 2 amide bonds. The largest absolute Gasteiger partial charge is 0.350 e. The minimum atomic E-state index is -0.585. The summed E-state index contributed by atoms with van der Waals surface area (Å²) in [5, 5.41) is 4.00. The van der Waals surface area contributed by atoms with Crippen LogP contribution in [0.2, 0.25) is 0 Å². The number of amides is 2. The van der Waals surface area contributed by atoms with E-state index in [2.05, 4.69) is 17.5 Å². The van der Waals surface area contributed by atoms with Crippen molar-refractivity contribution in [1.82, 2.24) is 5.43 Å². The molecular formula is C13H25N3O. The molecule has 1 aliphatic rings. The quantitative estimate of drug-likeness (QED) is 0.562. The number of primary amides is 1. The van der Waals surface area contributed by atoms with Crippen LogP contribution in [0.1, 0.15) is 58.8 Å². The molecule has 1 fully saturated rings. The second kappa shape index (κ2) is 7.30. The van der Waals surface area contributed by atoms with Crippen LogP contribution in [0.5, 0.6) is 0 Å². The summed E-state index contributed by atoms with van der Waals surface area (Å²) in [7, 11) is 0. The van der Waals surface area contributed by atoms with Crippen LogP contribution in [0.25, 0.3) is 0 Å². The molecule has 1 saturated carbocycles. The molecule has 0 aliphatic heterocycles. The summed E-state index contributed by atoms with van der Waals surface area (Å²) in [4.78, 5) is 10.6. The normalized spacial score (nSPS) is 25.6. The van der Waals surface area contributed by atoms with Gasteiger partial charge in [-0.15, -0.1) is 0 Å². The van der Waals surface area contributed by atoms with E-state index in [1.54, 1.807) is 0 Å². The van der Waals surface area contributed by atoms with Gasteiger partial charge in [0.2, 0.25) is 0 Å². The lowest BCUT2D eigenvalue weighted by Crippen LogP contribution is -2.27. The van der Waals surface area contributed by atoms with Gasteiger partial charge in [-0.25, -0.2) is 10.2 Å². The standard InChI is InChI=1S/C13H25N3O/c1-3-6-11-7-4-5-8-12(11)9-10(2)15-16-13(14)17/h11-12H,3-9H2,1-2H3,(H3,14,16,17)/b15-10-. The van der Waals surface area contributed by atoms with Gasteiger partial charge in [-0.2, -0.15) is 5.10 Å². The number of urea groups is 1. The number of carbonyl (C=O) groups is 1. The van der Waals surface area contributed by atoms with Crippen LogP contribution >= 0.6 is 0 Å². The Morgan fingerprint density at radius 3 is 2.59 bits per heavy atom. The number of hydrazone groups is 1. The molecule has 0 heterocycles. The maximum absolute atomic E-state index is 10.6. The SMILES string of the molecule is CCCC1CCCCC1C/C(C)=N\NC(N)=O. The van der Waals surface area contributed by atoms with Crippen molar-refractivity contribution < 1.29 is 4.79 Å². The fourth-order valence-corrected chi connectivity index (χ4v) is 2.88. The monoisotopic (exact) mass is 239 g/mol. The first-order valence-corrected chi connectivity index (χ1v) is 6.72. The van der Waals surface area contributed by atoms with Crippen LogP contribution in [-0.4, -0.2) is 11.7 Å². The summed E-state index contributed by atoms with van der Waals surface area (Å²) in [6.07, 6.45) is 8.93. The first kappa shape index (κ1) is 14.0. The molecule has 1 rings (SSSR count). The minimum absolute atomic E-state index is 0.585. The Balaban J connectivity index is 2.46. The number of hydrogen-bond acceptors (Lipinski definition) is 2. The summed E-state index contributed by atoms with van der Waals surface area (Å²) < 4.78 is 0. The third kappa shape index (κ3) is 5.20. The van der Waals surface area contributed by atoms with Crippen molar-refractivity contribution in [2.75, 3.05) is 0 Å². The van der Waals surface area contributed by atoms with E-state index in [4.69, 9.17) is 5.73 Å². The highest BCUT2D eigenvalue weighted by Gasteiger charge is 2.24. The number of nitrogens with two attached hydrogens (primary N) is 1. The topological polar surface area (TPSA) is 67.5 Å². The Morgan fingerprint density at radius 2 is 2.00 bits per heavy atom. The lowest BCUT2D eigenvalue weighted by molar-refractivity contribution is 0.228. The van der Waals surface area contributed by atoms with Crippen LogP contribution < -0.4 is 11.2 Å². The van der Waals surface area contributed by atoms with Crippen molar-refractivity contribution >= 4 is 11.7 Å². The number of rotatable bonds is 5. The lowest BCUT2D eigenvalue weighted by atomic mass is 9.75. The van der Waals surface area contributed by atoms with Crippen LogP contribution in [-0.2, 0) is 0 Å². The van der Waals surface area contributed by atoms with Gasteiger partial charge >= 0.3 is 6.03 Å². The van der Waals surface area contributed by atoms with E-state index in [0.29, 0.717) is 0 Å². The summed E-state index contributed by atoms with van der Waals surface area (Å²) in [6, 6.07) is -0.585. The number of carbonyl (C=O) groups excluding carboxylic acids is 1. The van der Waals surface area contributed by atoms with Crippen molar-refractivity contribution in [1.29, 1.82) is 0 Å². The van der Waals surface area contributed by atoms with Crippen molar-refractivity contribution in [3.63, 3.8) is 0 Å². The molecule has 0 aromatic rings. The van der Waals surface area contributed by atoms with Gasteiger partial charge in [-0.1, -0.05) is 39.0 Å². The van der Waals surface area contributed by atoms with Gasteiger partial charge in [0.1, 0.15) is 0 Å². The van der Waals surface area contributed by atoms with Crippen LogP contribution in [0, 0.1) is 11.8 Å². The Bertz CT molecular complexity index is 274. The highest BCUT2D eigenvalue weighted by Crippen LogP contribution is 2.35. The van der Waals surface area contributed by atoms with Crippen LogP contribution in [0.15, 0.2) is 5.10 Å². The highest BCUT2D eigenvalue weighted by molar-refractivity contribution is 5.83. The molecule has 0 aromatic heterocycles. The molecule has 17 heavy (non-hydrogen) atoms. The average Bonchev–Trinajstić information content (AvgIpc) is 2.29. The molecule has 4 heteroatoms. The van der Waals surface area contributed by atoms with Gasteiger partial charge in [0.15, 0.2) is 0 Å². The Labute approximate surface area is 104 Å². The van der Waals surface area contributed by atoms with Gasteiger partial charge in [-0.05, 0) is 31.6 Å². The van der Waals surface area contributed by atoms with Crippen LogP contribution in [0.3, 0.4) is 0 Å². The first-order chi connectivity index (χ1) is 8.13. The predicted molar refractivity (Wildman–Crippen MR) is 70.8 cm³/mol. The Hall–Kier alpha value is -1.06. The summed E-state index contributed by atoms with van der Waals surface area (Å²) in [5.41, 5.74) is 8.28. The minimum Gasteiger partial charge on any atom is -0.350 e. The zero-order valence-corrected chi connectivity index (χ0v) is 11.0. The molecule has 3 N–H and O–H groups in total. The molecule has 1 aliphatic carbocycles. The second-order valence-electron chi connectivity index (χ2n) is 5.12. The maximum Gasteiger partial charge on any atom is 0.332 e.